The first-order valence-electron chi connectivity index (χ1n) is 6.45. The Morgan fingerprint density at radius 2 is 1.90 bits per heavy atom. The van der Waals surface area contributed by atoms with Crippen molar-refractivity contribution in [1.82, 2.24) is 0 Å². The zero-order chi connectivity index (χ0) is 13.2. The number of halogens is 2. The van der Waals surface area contributed by atoms with Crippen molar-refractivity contribution in [2.75, 3.05) is 13.2 Å². The van der Waals surface area contributed by atoms with Crippen molar-refractivity contribution < 1.29 is 9.13 Å². The van der Waals surface area contributed by atoms with Crippen molar-refractivity contribution in [3.05, 3.63) is 59.4 Å². The van der Waals surface area contributed by atoms with Gasteiger partial charge in [0.15, 0.2) is 0 Å². The van der Waals surface area contributed by atoms with E-state index in [0.29, 0.717) is 19.8 Å². The van der Waals surface area contributed by atoms with E-state index >= 15 is 0 Å². The average molecular weight is 294 g/mol. The highest BCUT2D eigenvalue weighted by molar-refractivity contribution is 5.85. The van der Waals surface area contributed by atoms with E-state index in [1.54, 1.807) is 12.1 Å². The molecule has 2 aromatic rings. The molecule has 0 aromatic heterocycles. The molecule has 1 atom stereocenters. The summed E-state index contributed by atoms with van der Waals surface area (Å²) in [4.78, 5) is 0. The molecule has 1 heterocycles. The monoisotopic (exact) mass is 293 g/mol. The molecule has 0 radical (unpaired) electrons. The van der Waals surface area contributed by atoms with Crippen LogP contribution in [0.1, 0.15) is 17.0 Å². The fourth-order valence-electron chi connectivity index (χ4n) is 2.64. The van der Waals surface area contributed by atoms with E-state index in [2.05, 4.69) is 6.07 Å². The third-order valence-corrected chi connectivity index (χ3v) is 3.66. The molecule has 2 aromatic carbocycles. The number of nitrogens with two attached hydrogens (primary N) is 1. The summed E-state index contributed by atoms with van der Waals surface area (Å²) in [6, 6.07) is 12.8. The second-order valence-corrected chi connectivity index (χ2v) is 4.83. The lowest BCUT2D eigenvalue weighted by Crippen LogP contribution is -2.24. The maximum Gasteiger partial charge on any atom is 0.123 e. The fraction of sp³-hybridized carbons (Fsp3) is 0.250. The summed E-state index contributed by atoms with van der Waals surface area (Å²) in [6.07, 6.45) is 0. The molecule has 3 rings (SSSR count). The van der Waals surface area contributed by atoms with Crippen LogP contribution in [0.25, 0.3) is 11.1 Å². The summed E-state index contributed by atoms with van der Waals surface area (Å²) in [5.41, 5.74) is 10.4. The molecule has 0 fully saturated rings. The van der Waals surface area contributed by atoms with E-state index in [4.69, 9.17) is 10.5 Å². The van der Waals surface area contributed by atoms with Crippen LogP contribution in [0.4, 0.5) is 4.39 Å². The molecule has 0 saturated carbocycles. The molecule has 1 aliphatic rings. The number of fused-ring (bicyclic) bond motifs is 1. The smallest absolute Gasteiger partial charge is 0.123 e. The van der Waals surface area contributed by atoms with Crippen molar-refractivity contribution >= 4 is 12.4 Å². The third-order valence-electron chi connectivity index (χ3n) is 3.66. The highest BCUT2D eigenvalue weighted by Crippen LogP contribution is 2.33. The second-order valence-electron chi connectivity index (χ2n) is 4.83. The van der Waals surface area contributed by atoms with E-state index < -0.39 is 0 Å². The minimum absolute atomic E-state index is 0. The molecule has 1 aliphatic heterocycles. The van der Waals surface area contributed by atoms with Gasteiger partial charge in [0.25, 0.3) is 0 Å². The average Bonchev–Trinajstić information content (AvgIpc) is 2.47. The van der Waals surface area contributed by atoms with Crippen molar-refractivity contribution in [1.29, 1.82) is 0 Å². The van der Waals surface area contributed by atoms with E-state index in [1.807, 2.05) is 12.1 Å². The predicted molar refractivity (Wildman–Crippen MR) is 80.5 cm³/mol. The lowest BCUT2D eigenvalue weighted by atomic mass is 9.88. The Morgan fingerprint density at radius 1 is 1.15 bits per heavy atom. The number of benzene rings is 2. The topological polar surface area (TPSA) is 35.2 Å². The van der Waals surface area contributed by atoms with Gasteiger partial charge in [0.2, 0.25) is 0 Å². The highest BCUT2D eigenvalue weighted by atomic mass is 35.5. The normalized spacial score (nSPS) is 17.2. The predicted octanol–water partition coefficient (Wildman–Crippen LogP) is 3.49. The summed E-state index contributed by atoms with van der Waals surface area (Å²) in [6.45, 7) is 1.86. The molecule has 1 unspecified atom stereocenters. The van der Waals surface area contributed by atoms with Crippen LogP contribution in [-0.4, -0.2) is 13.2 Å². The molecular weight excluding hydrogens is 277 g/mol. The first kappa shape index (κ1) is 15.0. The maximum atomic E-state index is 13.0. The van der Waals surface area contributed by atoms with E-state index in [0.717, 1.165) is 11.1 Å². The minimum Gasteiger partial charge on any atom is -0.376 e. The van der Waals surface area contributed by atoms with Gasteiger partial charge in [-0.05, 0) is 34.4 Å². The standard InChI is InChI=1S/C16H16FNO.ClH/c17-13-6-4-11(5-7-13)14-2-1-3-15-12(8-18)9-19-10-16(14)15;/h1-7,12H,8-10,18H2;1H. The summed E-state index contributed by atoms with van der Waals surface area (Å²) in [7, 11) is 0. The summed E-state index contributed by atoms with van der Waals surface area (Å²) in [5.74, 6) is 0.0359. The van der Waals surface area contributed by atoms with E-state index in [-0.39, 0.29) is 24.1 Å². The molecule has 2 nitrogen and oxygen atoms in total. The second kappa shape index (κ2) is 6.35. The maximum absolute atomic E-state index is 13.0. The number of ether oxygens (including phenoxy) is 1. The Bertz CT molecular complexity index is 586. The van der Waals surface area contributed by atoms with E-state index in [9.17, 15) is 4.39 Å². The van der Waals surface area contributed by atoms with Gasteiger partial charge in [-0.2, -0.15) is 0 Å². The first-order chi connectivity index (χ1) is 9.29. The van der Waals surface area contributed by atoms with Crippen LogP contribution in [0.2, 0.25) is 0 Å². The van der Waals surface area contributed by atoms with E-state index in [1.165, 1.54) is 23.3 Å². The van der Waals surface area contributed by atoms with Gasteiger partial charge >= 0.3 is 0 Å². The molecule has 0 bridgehead atoms. The Morgan fingerprint density at radius 3 is 2.60 bits per heavy atom. The van der Waals surface area contributed by atoms with Gasteiger partial charge in [0, 0.05) is 12.5 Å². The summed E-state index contributed by atoms with van der Waals surface area (Å²) < 4.78 is 18.6. The van der Waals surface area contributed by atoms with Crippen molar-refractivity contribution in [2.24, 2.45) is 5.73 Å². The molecule has 4 heteroatoms. The number of rotatable bonds is 2. The van der Waals surface area contributed by atoms with Crippen molar-refractivity contribution in [2.45, 2.75) is 12.5 Å². The third kappa shape index (κ3) is 2.70. The van der Waals surface area contributed by atoms with Crippen molar-refractivity contribution in [3.8, 4) is 11.1 Å². The molecule has 0 amide bonds. The van der Waals surface area contributed by atoms with Crippen LogP contribution < -0.4 is 5.73 Å². The SMILES string of the molecule is Cl.NCC1COCc2c(-c3ccc(F)cc3)cccc21. The van der Waals surface area contributed by atoms with Gasteiger partial charge in [-0.15, -0.1) is 12.4 Å². The van der Waals surface area contributed by atoms with Gasteiger partial charge in [0.1, 0.15) is 5.82 Å². The molecule has 2 N–H and O–H groups in total. The lowest BCUT2D eigenvalue weighted by molar-refractivity contribution is 0.0932. The van der Waals surface area contributed by atoms with Gasteiger partial charge in [-0.25, -0.2) is 4.39 Å². The summed E-state index contributed by atoms with van der Waals surface area (Å²) in [5, 5.41) is 0. The van der Waals surface area contributed by atoms with Crippen LogP contribution in [0.3, 0.4) is 0 Å². The zero-order valence-electron chi connectivity index (χ0n) is 11.0. The lowest BCUT2D eigenvalue weighted by Gasteiger charge is -2.26. The van der Waals surface area contributed by atoms with Crippen LogP contribution in [0, 0.1) is 5.82 Å². The zero-order valence-corrected chi connectivity index (χ0v) is 11.8. The number of hydrogen-bond acceptors (Lipinski definition) is 2. The minimum atomic E-state index is -0.218. The molecule has 106 valence electrons. The van der Waals surface area contributed by atoms with Crippen molar-refractivity contribution in [3.63, 3.8) is 0 Å². The van der Waals surface area contributed by atoms with Crippen LogP contribution in [0.15, 0.2) is 42.5 Å². The molecule has 20 heavy (non-hydrogen) atoms. The van der Waals surface area contributed by atoms with Crippen LogP contribution in [-0.2, 0) is 11.3 Å². The van der Waals surface area contributed by atoms with Gasteiger partial charge < -0.3 is 10.5 Å². The Balaban J connectivity index is 0.00000147. The quantitative estimate of drug-likeness (QED) is 0.920. The Kier molecular flexibility index (Phi) is 4.76. The van der Waals surface area contributed by atoms with Gasteiger partial charge in [-0.3, -0.25) is 0 Å². The molecule has 0 saturated heterocycles. The van der Waals surface area contributed by atoms with Gasteiger partial charge in [0.05, 0.1) is 13.2 Å². The molecular formula is C16H17ClFNO. The van der Waals surface area contributed by atoms with Crippen LogP contribution in [0.5, 0.6) is 0 Å². The Hall–Kier alpha value is -1.42. The summed E-state index contributed by atoms with van der Waals surface area (Å²) >= 11 is 0. The number of hydrogen-bond donors (Lipinski definition) is 1. The largest absolute Gasteiger partial charge is 0.376 e. The van der Waals surface area contributed by atoms with Crippen LogP contribution >= 0.6 is 12.4 Å². The Labute approximate surface area is 124 Å². The van der Waals surface area contributed by atoms with Gasteiger partial charge in [-0.1, -0.05) is 30.3 Å². The highest BCUT2D eigenvalue weighted by Gasteiger charge is 2.21. The first-order valence-corrected chi connectivity index (χ1v) is 6.45. The molecule has 0 spiro atoms. The molecule has 0 aliphatic carbocycles. The fourth-order valence-corrected chi connectivity index (χ4v) is 2.64.